The number of fused-ring (bicyclic) bond motifs is 1. The van der Waals surface area contributed by atoms with Crippen molar-refractivity contribution in [1.82, 2.24) is 0 Å². The van der Waals surface area contributed by atoms with Gasteiger partial charge < -0.3 is 9.15 Å². The number of hydrogen-bond donors (Lipinski definition) is 0. The molecule has 3 rings (SSSR count). The SMILES string of the molecule is COc1ccc(-c2cc(=O)c3cc(F)ccc3o2)cc1. The summed E-state index contributed by atoms with van der Waals surface area (Å²) in [5.41, 5.74) is 0.857. The van der Waals surface area contributed by atoms with Gasteiger partial charge in [0.2, 0.25) is 0 Å². The van der Waals surface area contributed by atoms with Gasteiger partial charge in [0.15, 0.2) is 5.43 Å². The number of rotatable bonds is 2. The van der Waals surface area contributed by atoms with E-state index >= 15 is 0 Å². The zero-order chi connectivity index (χ0) is 14.1. The van der Waals surface area contributed by atoms with E-state index in [0.29, 0.717) is 11.3 Å². The molecule has 1 aromatic heterocycles. The molecule has 0 atom stereocenters. The molecular formula is C16H11FO3. The Balaban J connectivity index is 2.16. The summed E-state index contributed by atoms with van der Waals surface area (Å²) >= 11 is 0. The van der Waals surface area contributed by atoms with Gasteiger partial charge in [-0.05, 0) is 42.5 Å². The molecule has 0 saturated heterocycles. The summed E-state index contributed by atoms with van der Waals surface area (Å²) in [7, 11) is 1.58. The molecule has 0 aliphatic carbocycles. The molecule has 4 heteroatoms. The van der Waals surface area contributed by atoms with Gasteiger partial charge in [0, 0.05) is 11.6 Å². The van der Waals surface area contributed by atoms with Crippen molar-refractivity contribution in [3.05, 3.63) is 64.6 Å². The second-order valence-corrected chi connectivity index (χ2v) is 4.34. The third-order valence-corrected chi connectivity index (χ3v) is 3.06. The van der Waals surface area contributed by atoms with E-state index in [1.54, 1.807) is 31.4 Å². The molecule has 0 N–H and O–H groups in total. The summed E-state index contributed by atoms with van der Waals surface area (Å²) in [4.78, 5) is 12.0. The Morgan fingerprint density at radius 2 is 1.80 bits per heavy atom. The highest BCUT2D eigenvalue weighted by molar-refractivity contribution is 5.78. The minimum atomic E-state index is -0.456. The summed E-state index contributed by atoms with van der Waals surface area (Å²) < 4.78 is 23.9. The second kappa shape index (κ2) is 4.81. The van der Waals surface area contributed by atoms with E-state index in [0.717, 1.165) is 11.3 Å². The van der Waals surface area contributed by atoms with Crippen LogP contribution in [0.25, 0.3) is 22.3 Å². The maximum absolute atomic E-state index is 13.1. The van der Waals surface area contributed by atoms with Crippen LogP contribution in [0.3, 0.4) is 0 Å². The fraction of sp³-hybridized carbons (Fsp3) is 0.0625. The van der Waals surface area contributed by atoms with Crippen LogP contribution in [0, 0.1) is 5.82 Å². The number of methoxy groups -OCH3 is 1. The maximum Gasteiger partial charge on any atom is 0.193 e. The Labute approximate surface area is 114 Å². The molecule has 0 saturated carbocycles. The molecular weight excluding hydrogens is 259 g/mol. The van der Waals surface area contributed by atoms with Gasteiger partial charge in [-0.15, -0.1) is 0 Å². The third kappa shape index (κ3) is 2.16. The van der Waals surface area contributed by atoms with E-state index < -0.39 is 5.82 Å². The lowest BCUT2D eigenvalue weighted by Gasteiger charge is -2.04. The highest BCUT2D eigenvalue weighted by Gasteiger charge is 2.08. The molecule has 3 aromatic rings. The number of halogens is 1. The fourth-order valence-electron chi connectivity index (χ4n) is 2.03. The van der Waals surface area contributed by atoms with Crippen LogP contribution in [0.1, 0.15) is 0 Å². The lowest BCUT2D eigenvalue weighted by Crippen LogP contribution is -2.00. The van der Waals surface area contributed by atoms with E-state index in [4.69, 9.17) is 9.15 Å². The summed E-state index contributed by atoms with van der Waals surface area (Å²) in [6.07, 6.45) is 0. The van der Waals surface area contributed by atoms with Gasteiger partial charge in [0.25, 0.3) is 0 Å². The minimum Gasteiger partial charge on any atom is -0.497 e. The van der Waals surface area contributed by atoms with Crippen LogP contribution in [-0.2, 0) is 0 Å². The van der Waals surface area contributed by atoms with Crippen molar-refractivity contribution >= 4 is 11.0 Å². The monoisotopic (exact) mass is 270 g/mol. The largest absolute Gasteiger partial charge is 0.497 e. The molecule has 0 fully saturated rings. The molecule has 1 heterocycles. The average Bonchev–Trinajstić information content (AvgIpc) is 2.48. The molecule has 2 aromatic carbocycles. The second-order valence-electron chi connectivity index (χ2n) is 4.34. The smallest absolute Gasteiger partial charge is 0.193 e. The van der Waals surface area contributed by atoms with E-state index in [9.17, 15) is 9.18 Å². The number of benzene rings is 2. The first kappa shape index (κ1) is 12.4. The summed E-state index contributed by atoms with van der Waals surface area (Å²) in [6, 6.07) is 12.4. The first-order chi connectivity index (χ1) is 9.67. The van der Waals surface area contributed by atoms with Crippen LogP contribution < -0.4 is 10.2 Å². The van der Waals surface area contributed by atoms with Crippen LogP contribution in [0.2, 0.25) is 0 Å². The van der Waals surface area contributed by atoms with Crippen LogP contribution in [-0.4, -0.2) is 7.11 Å². The van der Waals surface area contributed by atoms with E-state index in [1.807, 2.05) is 0 Å². The predicted molar refractivity (Wildman–Crippen MR) is 74.4 cm³/mol. The van der Waals surface area contributed by atoms with E-state index in [1.165, 1.54) is 24.3 Å². The Kier molecular flexibility index (Phi) is 2.99. The Morgan fingerprint density at radius 3 is 2.50 bits per heavy atom. The number of ether oxygens (including phenoxy) is 1. The predicted octanol–water partition coefficient (Wildman–Crippen LogP) is 3.61. The van der Waals surface area contributed by atoms with Crippen molar-refractivity contribution in [2.75, 3.05) is 7.11 Å². The van der Waals surface area contributed by atoms with Crippen molar-refractivity contribution in [2.45, 2.75) is 0 Å². The first-order valence-electron chi connectivity index (χ1n) is 6.05. The Bertz CT molecular complexity index is 819. The molecule has 0 aliphatic rings. The molecule has 20 heavy (non-hydrogen) atoms. The topological polar surface area (TPSA) is 39.4 Å². The molecule has 0 aliphatic heterocycles. The zero-order valence-electron chi connectivity index (χ0n) is 10.7. The number of hydrogen-bond acceptors (Lipinski definition) is 3. The van der Waals surface area contributed by atoms with Gasteiger partial charge in [-0.1, -0.05) is 0 Å². The van der Waals surface area contributed by atoms with Crippen LogP contribution >= 0.6 is 0 Å². The van der Waals surface area contributed by atoms with Crippen molar-refractivity contribution in [1.29, 1.82) is 0 Å². The molecule has 0 amide bonds. The first-order valence-corrected chi connectivity index (χ1v) is 6.05. The molecule has 0 unspecified atom stereocenters. The normalized spacial score (nSPS) is 10.7. The van der Waals surface area contributed by atoms with Crippen molar-refractivity contribution in [2.24, 2.45) is 0 Å². The van der Waals surface area contributed by atoms with Crippen molar-refractivity contribution < 1.29 is 13.5 Å². The molecule has 100 valence electrons. The van der Waals surface area contributed by atoms with Gasteiger partial charge in [-0.3, -0.25) is 4.79 Å². The average molecular weight is 270 g/mol. The molecule has 0 bridgehead atoms. The van der Waals surface area contributed by atoms with Gasteiger partial charge in [0.1, 0.15) is 22.9 Å². The summed E-state index contributed by atoms with van der Waals surface area (Å²) in [5, 5.41) is 0.238. The lowest BCUT2D eigenvalue weighted by molar-refractivity contribution is 0.415. The third-order valence-electron chi connectivity index (χ3n) is 3.06. The van der Waals surface area contributed by atoms with E-state index in [2.05, 4.69) is 0 Å². The highest BCUT2D eigenvalue weighted by Crippen LogP contribution is 2.24. The molecule has 3 nitrogen and oxygen atoms in total. The van der Waals surface area contributed by atoms with Crippen LogP contribution in [0.5, 0.6) is 5.75 Å². The van der Waals surface area contributed by atoms with Crippen LogP contribution in [0.4, 0.5) is 4.39 Å². The molecule has 0 radical (unpaired) electrons. The van der Waals surface area contributed by atoms with Gasteiger partial charge in [-0.25, -0.2) is 4.39 Å². The summed E-state index contributed by atoms with van der Waals surface area (Å²) in [6.45, 7) is 0. The van der Waals surface area contributed by atoms with E-state index in [-0.39, 0.29) is 10.8 Å². The quantitative estimate of drug-likeness (QED) is 0.714. The Hall–Kier alpha value is -2.62. The van der Waals surface area contributed by atoms with Gasteiger partial charge >= 0.3 is 0 Å². The fourth-order valence-corrected chi connectivity index (χ4v) is 2.03. The highest BCUT2D eigenvalue weighted by atomic mass is 19.1. The standard InChI is InChI=1S/C16H11FO3/c1-19-12-5-2-10(3-6-12)16-9-14(18)13-8-11(17)4-7-15(13)20-16/h2-9H,1H3. The lowest BCUT2D eigenvalue weighted by atomic mass is 10.1. The summed E-state index contributed by atoms with van der Waals surface area (Å²) in [5.74, 6) is 0.706. The zero-order valence-corrected chi connectivity index (χ0v) is 10.7. The minimum absolute atomic E-state index is 0.238. The van der Waals surface area contributed by atoms with Crippen molar-refractivity contribution in [3.8, 4) is 17.1 Å². The van der Waals surface area contributed by atoms with Gasteiger partial charge in [0.05, 0.1) is 12.5 Å². The van der Waals surface area contributed by atoms with Crippen LogP contribution in [0.15, 0.2) is 57.7 Å². The van der Waals surface area contributed by atoms with Crippen molar-refractivity contribution in [3.63, 3.8) is 0 Å². The molecule has 0 spiro atoms. The maximum atomic E-state index is 13.1. The Morgan fingerprint density at radius 1 is 1.05 bits per heavy atom. The van der Waals surface area contributed by atoms with Gasteiger partial charge in [-0.2, -0.15) is 0 Å².